The molecule has 0 atom stereocenters. The molecule has 0 saturated heterocycles. The van der Waals surface area contributed by atoms with Crippen molar-refractivity contribution in [2.75, 3.05) is 0 Å². The van der Waals surface area contributed by atoms with E-state index in [9.17, 15) is 0 Å². The van der Waals surface area contributed by atoms with Gasteiger partial charge in [-0.15, -0.1) is 0 Å². The van der Waals surface area contributed by atoms with Crippen LogP contribution in [0.4, 0.5) is 0 Å². The summed E-state index contributed by atoms with van der Waals surface area (Å²) in [4.78, 5) is 2.43. The molecule has 1 heterocycles. The van der Waals surface area contributed by atoms with Crippen molar-refractivity contribution in [1.29, 1.82) is 0 Å². The van der Waals surface area contributed by atoms with Crippen molar-refractivity contribution in [2.45, 2.75) is 53.4 Å². The third-order valence-electron chi connectivity index (χ3n) is 8.99. The molecule has 3 aliphatic rings. The molecule has 210 valence electrons. The first-order valence-corrected chi connectivity index (χ1v) is 15.3. The smallest absolute Gasteiger partial charge is 0.0304 e. The van der Waals surface area contributed by atoms with E-state index in [-0.39, 0.29) is 0 Å². The highest BCUT2D eigenvalue weighted by atomic mass is 15.1. The lowest BCUT2D eigenvalue weighted by Gasteiger charge is -2.34. The van der Waals surface area contributed by atoms with E-state index in [0.29, 0.717) is 5.92 Å². The van der Waals surface area contributed by atoms with E-state index >= 15 is 0 Å². The second kappa shape index (κ2) is 11.9. The molecule has 0 bridgehead atoms. The maximum atomic E-state index is 4.49. The average molecular weight is 548 g/mol. The Morgan fingerprint density at radius 1 is 0.714 bits per heavy atom. The van der Waals surface area contributed by atoms with Crippen LogP contribution in [0.25, 0.3) is 27.8 Å². The van der Waals surface area contributed by atoms with Crippen molar-refractivity contribution in [3.05, 3.63) is 161 Å². The zero-order chi connectivity index (χ0) is 29.2. The summed E-state index contributed by atoms with van der Waals surface area (Å²) >= 11 is 0. The molecule has 2 aliphatic carbocycles. The minimum absolute atomic E-state index is 0.604. The quantitative estimate of drug-likeness (QED) is 0.307. The van der Waals surface area contributed by atoms with Crippen LogP contribution in [0, 0.1) is 19.8 Å². The summed E-state index contributed by atoms with van der Waals surface area (Å²) in [6, 6.07) is 24.5. The molecule has 3 aromatic carbocycles. The lowest BCUT2D eigenvalue weighted by Crippen LogP contribution is -2.22. The minimum atomic E-state index is 0.604. The second-order valence-electron chi connectivity index (χ2n) is 12.1. The van der Waals surface area contributed by atoms with Gasteiger partial charge in [0.1, 0.15) is 0 Å². The van der Waals surface area contributed by atoms with E-state index in [4.69, 9.17) is 0 Å². The Hall–Kier alpha value is -4.36. The SMILES string of the molecule is C=C1/C=C\C=C/N(C2=CC=C(C(C)C)CC2)C2=C1C=C(c1ccc(C)c(-c3cc(-c4ccccc4)ccc3C)c1)CC2. The molecule has 0 unspecified atom stereocenters. The van der Waals surface area contributed by atoms with E-state index in [1.54, 1.807) is 5.57 Å². The molecule has 1 aliphatic heterocycles. The highest BCUT2D eigenvalue weighted by Crippen LogP contribution is 2.41. The largest absolute Gasteiger partial charge is 0.324 e. The predicted molar refractivity (Wildman–Crippen MR) is 181 cm³/mol. The van der Waals surface area contributed by atoms with Gasteiger partial charge in [0.05, 0.1) is 0 Å². The van der Waals surface area contributed by atoms with Crippen molar-refractivity contribution < 1.29 is 0 Å². The first-order chi connectivity index (χ1) is 20.4. The topological polar surface area (TPSA) is 3.24 Å². The van der Waals surface area contributed by atoms with Crippen LogP contribution in [0.5, 0.6) is 0 Å². The summed E-state index contributed by atoms with van der Waals surface area (Å²) in [6.45, 7) is 13.5. The Morgan fingerprint density at radius 2 is 1.43 bits per heavy atom. The van der Waals surface area contributed by atoms with Gasteiger partial charge in [-0.05, 0) is 126 Å². The van der Waals surface area contributed by atoms with Crippen LogP contribution in [0.2, 0.25) is 0 Å². The number of rotatable bonds is 5. The fraction of sp³-hybridized carbons (Fsp3) is 0.220. The van der Waals surface area contributed by atoms with Crippen LogP contribution >= 0.6 is 0 Å². The number of hydrogen-bond donors (Lipinski definition) is 0. The fourth-order valence-corrected chi connectivity index (χ4v) is 6.39. The van der Waals surface area contributed by atoms with Crippen molar-refractivity contribution in [1.82, 2.24) is 4.90 Å². The normalized spacial score (nSPS) is 18.5. The van der Waals surface area contributed by atoms with Gasteiger partial charge >= 0.3 is 0 Å². The fourth-order valence-electron chi connectivity index (χ4n) is 6.39. The lowest BCUT2D eigenvalue weighted by molar-refractivity contribution is 0.503. The maximum absolute atomic E-state index is 4.49. The molecule has 0 saturated carbocycles. The van der Waals surface area contributed by atoms with E-state index in [0.717, 1.165) is 31.3 Å². The van der Waals surface area contributed by atoms with Crippen LogP contribution in [0.15, 0.2) is 144 Å². The molecule has 0 spiro atoms. The van der Waals surface area contributed by atoms with E-state index < -0.39 is 0 Å². The van der Waals surface area contributed by atoms with Crippen molar-refractivity contribution in [3.8, 4) is 22.3 Å². The van der Waals surface area contributed by atoms with Gasteiger partial charge in [0.25, 0.3) is 0 Å². The molecule has 1 heteroatoms. The molecular formula is C41H41N. The van der Waals surface area contributed by atoms with E-state index in [1.165, 1.54) is 61.5 Å². The van der Waals surface area contributed by atoms with Crippen LogP contribution in [0.3, 0.4) is 0 Å². The van der Waals surface area contributed by atoms with Gasteiger partial charge in [-0.25, -0.2) is 0 Å². The first-order valence-electron chi connectivity index (χ1n) is 15.3. The summed E-state index contributed by atoms with van der Waals surface area (Å²) in [5.41, 5.74) is 17.0. The predicted octanol–water partition coefficient (Wildman–Crippen LogP) is 11.3. The highest BCUT2D eigenvalue weighted by molar-refractivity contribution is 5.81. The Balaban J connectivity index is 1.39. The molecule has 0 amide bonds. The van der Waals surface area contributed by atoms with Gasteiger partial charge in [0, 0.05) is 23.2 Å². The highest BCUT2D eigenvalue weighted by Gasteiger charge is 2.24. The Labute approximate surface area is 252 Å². The van der Waals surface area contributed by atoms with Gasteiger partial charge in [-0.2, -0.15) is 0 Å². The average Bonchev–Trinajstić information content (AvgIpc) is 3.01. The number of benzene rings is 3. The molecule has 42 heavy (non-hydrogen) atoms. The Bertz CT molecular complexity index is 1720. The molecule has 0 N–H and O–H groups in total. The zero-order valence-electron chi connectivity index (χ0n) is 25.5. The number of aryl methyl sites for hydroxylation is 2. The summed E-state index contributed by atoms with van der Waals surface area (Å²) in [6.07, 6.45) is 19.9. The lowest BCUT2D eigenvalue weighted by atomic mass is 9.85. The molecule has 1 nitrogen and oxygen atoms in total. The number of hydrogen-bond acceptors (Lipinski definition) is 1. The maximum Gasteiger partial charge on any atom is 0.0304 e. The van der Waals surface area contributed by atoms with Gasteiger partial charge in [-0.1, -0.05) is 98.8 Å². The summed E-state index contributed by atoms with van der Waals surface area (Å²) < 4.78 is 0. The van der Waals surface area contributed by atoms with Crippen LogP contribution < -0.4 is 0 Å². The molecular weight excluding hydrogens is 506 g/mol. The monoisotopic (exact) mass is 547 g/mol. The van der Waals surface area contributed by atoms with Crippen LogP contribution in [-0.4, -0.2) is 4.90 Å². The second-order valence-corrected chi connectivity index (χ2v) is 12.1. The minimum Gasteiger partial charge on any atom is -0.324 e. The summed E-state index contributed by atoms with van der Waals surface area (Å²) in [5, 5.41) is 0. The van der Waals surface area contributed by atoms with Crippen LogP contribution in [0.1, 0.15) is 56.2 Å². The molecule has 0 radical (unpaired) electrons. The van der Waals surface area contributed by atoms with Crippen molar-refractivity contribution in [3.63, 3.8) is 0 Å². The molecule has 0 aromatic heterocycles. The Kier molecular flexibility index (Phi) is 7.85. The molecule has 3 aromatic rings. The van der Waals surface area contributed by atoms with E-state index in [1.807, 2.05) is 0 Å². The van der Waals surface area contributed by atoms with Gasteiger partial charge < -0.3 is 4.90 Å². The standard InChI is InChI=1S/C41H41N/c1-28(2)32-18-21-37(22-19-32)42-24-10-9-11-29(3)40-27-36(20-23-41(40)42)35-17-15-31(5)39(26-35)38-25-34(16-14-30(38)4)33-12-7-6-8-13-33/h6-18,21,24-28H,3,19-20,22-23H2,1-2,4-5H3/b11-9-,24-10-. The van der Waals surface area contributed by atoms with Gasteiger partial charge in [0.2, 0.25) is 0 Å². The summed E-state index contributed by atoms with van der Waals surface area (Å²) in [5.74, 6) is 0.604. The Morgan fingerprint density at radius 3 is 2.12 bits per heavy atom. The summed E-state index contributed by atoms with van der Waals surface area (Å²) in [7, 11) is 0. The van der Waals surface area contributed by atoms with Crippen molar-refractivity contribution >= 4 is 5.57 Å². The third kappa shape index (κ3) is 5.57. The number of allylic oxidation sites excluding steroid dienone is 12. The van der Waals surface area contributed by atoms with Crippen LogP contribution in [-0.2, 0) is 0 Å². The van der Waals surface area contributed by atoms with Gasteiger partial charge in [0.15, 0.2) is 0 Å². The first kappa shape index (κ1) is 27.8. The van der Waals surface area contributed by atoms with Crippen molar-refractivity contribution in [2.24, 2.45) is 5.92 Å². The third-order valence-corrected chi connectivity index (χ3v) is 8.99. The number of nitrogens with zero attached hydrogens (tertiary/aromatic N) is 1. The zero-order valence-corrected chi connectivity index (χ0v) is 25.5. The van der Waals surface area contributed by atoms with Gasteiger partial charge in [-0.3, -0.25) is 0 Å². The van der Waals surface area contributed by atoms with E-state index in [2.05, 4.69) is 149 Å². The molecule has 0 fully saturated rings. The molecule has 6 rings (SSSR count).